The van der Waals surface area contributed by atoms with Gasteiger partial charge in [-0.15, -0.1) is 11.3 Å². The predicted molar refractivity (Wildman–Crippen MR) is 59.7 cm³/mol. The van der Waals surface area contributed by atoms with E-state index in [1.165, 1.54) is 11.3 Å². The summed E-state index contributed by atoms with van der Waals surface area (Å²) in [6.07, 6.45) is 0. The van der Waals surface area contributed by atoms with E-state index in [2.05, 4.69) is 10.6 Å². The van der Waals surface area contributed by atoms with E-state index in [-0.39, 0.29) is 5.91 Å². The minimum absolute atomic E-state index is 0.0105. The molecule has 0 unspecified atom stereocenters. The zero-order valence-electron chi connectivity index (χ0n) is 7.97. The van der Waals surface area contributed by atoms with Gasteiger partial charge < -0.3 is 10.6 Å². The molecular formula is C9H13ClN2OS. The van der Waals surface area contributed by atoms with E-state index < -0.39 is 0 Å². The highest BCUT2D eigenvalue weighted by atomic mass is 35.5. The van der Waals surface area contributed by atoms with Crippen molar-refractivity contribution >= 4 is 28.8 Å². The number of hydrogen-bond acceptors (Lipinski definition) is 3. The van der Waals surface area contributed by atoms with Gasteiger partial charge >= 0.3 is 0 Å². The summed E-state index contributed by atoms with van der Waals surface area (Å²) >= 11 is 7.24. The van der Waals surface area contributed by atoms with Gasteiger partial charge in [-0.1, -0.05) is 18.5 Å². The Kier molecular flexibility index (Phi) is 4.93. The van der Waals surface area contributed by atoms with Crippen molar-refractivity contribution in [2.75, 3.05) is 13.1 Å². The van der Waals surface area contributed by atoms with Gasteiger partial charge in [0.15, 0.2) is 0 Å². The topological polar surface area (TPSA) is 41.1 Å². The van der Waals surface area contributed by atoms with Crippen molar-refractivity contribution in [3.05, 3.63) is 21.3 Å². The van der Waals surface area contributed by atoms with Crippen molar-refractivity contribution in [3.8, 4) is 0 Å². The van der Waals surface area contributed by atoms with Crippen molar-refractivity contribution in [1.29, 1.82) is 0 Å². The van der Waals surface area contributed by atoms with Gasteiger partial charge in [0.1, 0.15) is 0 Å². The van der Waals surface area contributed by atoms with Gasteiger partial charge in [-0.05, 0) is 18.7 Å². The fourth-order valence-corrected chi connectivity index (χ4v) is 1.96. The number of amides is 1. The number of rotatable bonds is 5. The largest absolute Gasteiger partial charge is 0.350 e. The van der Waals surface area contributed by atoms with Crippen LogP contribution in [0.5, 0.6) is 0 Å². The number of carbonyl (C=O) groups is 1. The van der Waals surface area contributed by atoms with E-state index >= 15 is 0 Å². The second-order valence-corrected chi connectivity index (χ2v) is 4.56. The van der Waals surface area contributed by atoms with Crippen LogP contribution in [0.4, 0.5) is 0 Å². The molecular weight excluding hydrogens is 220 g/mol. The van der Waals surface area contributed by atoms with E-state index in [0.717, 1.165) is 15.8 Å². The van der Waals surface area contributed by atoms with Crippen LogP contribution in [0.3, 0.4) is 0 Å². The molecule has 0 bridgehead atoms. The summed E-state index contributed by atoms with van der Waals surface area (Å²) in [6.45, 7) is 3.70. The maximum atomic E-state index is 11.2. The molecule has 0 saturated carbocycles. The Morgan fingerprint density at radius 3 is 2.93 bits per heavy atom. The van der Waals surface area contributed by atoms with E-state index in [4.69, 9.17) is 11.6 Å². The van der Waals surface area contributed by atoms with Gasteiger partial charge in [-0.3, -0.25) is 4.79 Å². The highest BCUT2D eigenvalue weighted by Gasteiger charge is 2.01. The molecule has 78 valence electrons. The van der Waals surface area contributed by atoms with Crippen LogP contribution in [0.25, 0.3) is 0 Å². The van der Waals surface area contributed by atoms with Gasteiger partial charge in [0.2, 0.25) is 5.91 Å². The number of hydrogen-bond donors (Lipinski definition) is 2. The molecule has 0 aliphatic heterocycles. The fourth-order valence-electron chi connectivity index (χ4n) is 0.933. The number of likely N-dealkylation sites (N-methyl/N-ethyl adjacent to an activating group) is 1. The standard InChI is InChI=1S/C9H13ClN2OS/c1-2-11-6-9(13)12-5-7-3-4-8(10)14-7/h3-4,11H,2,5-6H2,1H3,(H,12,13). The summed E-state index contributed by atoms with van der Waals surface area (Å²) in [5.41, 5.74) is 0. The number of halogens is 1. The van der Waals surface area contributed by atoms with Gasteiger partial charge in [-0.2, -0.15) is 0 Å². The van der Waals surface area contributed by atoms with Crippen LogP contribution in [0.2, 0.25) is 4.34 Å². The third kappa shape index (κ3) is 4.09. The molecule has 1 aromatic heterocycles. The molecule has 0 radical (unpaired) electrons. The quantitative estimate of drug-likeness (QED) is 0.810. The highest BCUT2D eigenvalue weighted by Crippen LogP contribution is 2.20. The molecule has 0 aromatic carbocycles. The van der Waals surface area contributed by atoms with Crippen molar-refractivity contribution in [1.82, 2.24) is 10.6 Å². The molecule has 1 amide bonds. The summed E-state index contributed by atoms with van der Waals surface area (Å²) in [7, 11) is 0. The molecule has 5 heteroatoms. The van der Waals surface area contributed by atoms with Gasteiger partial charge in [0, 0.05) is 4.88 Å². The van der Waals surface area contributed by atoms with Crippen LogP contribution in [0.15, 0.2) is 12.1 Å². The Bertz CT molecular complexity index is 301. The minimum atomic E-state index is 0.0105. The summed E-state index contributed by atoms with van der Waals surface area (Å²) < 4.78 is 0.751. The summed E-state index contributed by atoms with van der Waals surface area (Å²) in [5.74, 6) is 0.0105. The monoisotopic (exact) mass is 232 g/mol. The lowest BCUT2D eigenvalue weighted by Gasteiger charge is -2.03. The molecule has 0 aliphatic carbocycles. The maximum Gasteiger partial charge on any atom is 0.234 e. The van der Waals surface area contributed by atoms with Crippen molar-refractivity contribution in [2.24, 2.45) is 0 Å². The molecule has 14 heavy (non-hydrogen) atoms. The number of carbonyl (C=O) groups excluding carboxylic acids is 1. The Morgan fingerprint density at radius 1 is 1.57 bits per heavy atom. The van der Waals surface area contributed by atoms with Crippen LogP contribution in [0.1, 0.15) is 11.8 Å². The van der Waals surface area contributed by atoms with E-state index in [1.807, 2.05) is 19.1 Å². The Morgan fingerprint density at radius 2 is 2.36 bits per heavy atom. The van der Waals surface area contributed by atoms with E-state index in [0.29, 0.717) is 13.1 Å². The van der Waals surface area contributed by atoms with Crippen molar-refractivity contribution in [3.63, 3.8) is 0 Å². The average molecular weight is 233 g/mol. The molecule has 0 saturated heterocycles. The predicted octanol–water partition coefficient (Wildman–Crippen LogP) is 1.63. The zero-order valence-corrected chi connectivity index (χ0v) is 9.54. The van der Waals surface area contributed by atoms with Gasteiger partial charge in [-0.25, -0.2) is 0 Å². The van der Waals surface area contributed by atoms with Crippen LogP contribution in [-0.4, -0.2) is 19.0 Å². The van der Waals surface area contributed by atoms with Crippen LogP contribution in [0, 0.1) is 0 Å². The second-order valence-electron chi connectivity index (χ2n) is 2.76. The normalized spacial score (nSPS) is 10.1. The summed E-state index contributed by atoms with van der Waals surface area (Å²) in [4.78, 5) is 12.2. The molecule has 1 aromatic rings. The fraction of sp³-hybridized carbons (Fsp3) is 0.444. The molecule has 1 heterocycles. The third-order valence-corrected chi connectivity index (χ3v) is 2.86. The van der Waals surface area contributed by atoms with Gasteiger partial charge in [0.25, 0.3) is 0 Å². The smallest absolute Gasteiger partial charge is 0.234 e. The molecule has 1 rings (SSSR count). The molecule has 0 aliphatic rings. The summed E-state index contributed by atoms with van der Waals surface area (Å²) in [5, 5.41) is 5.75. The third-order valence-electron chi connectivity index (χ3n) is 1.62. The van der Waals surface area contributed by atoms with Crippen LogP contribution < -0.4 is 10.6 Å². The summed E-state index contributed by atoms with van der Waals surface area (Å²) in [6, 6.07) is 3.75. The van der Waals surface area contributed by atoms with Crippen LogP contribution >= 0.6 is 22.9 Å². The Balaban J connectivity index is 2.23. The lowest BCUT2D eigenvalue weighted by Crippen LogP contribution is -2.33. The molecule has 2 N–H and O–H groups in total. The lowest BCUT2D eigenvalue weighted by molar-refractivity contribution is -0.120. The first kappa shape index (κ1) is 11.5. The highest BCUT2D eigenvalue weighted by molar-refractivity contribution is 7.16. The molecule has 0 fully saturated rings. The maximum absolute atomic E-state index is 11.2. The van der Waals surface area contributed by atoms with Gasteiger partial charge in [0.05, 0.1) is 17.4 Å². The minimum Gasteiger partial charge on any atom is -0.350 e. The van der Waals surface area contributed by atoms with Crippen LogP contribution in [-0.2, 0) is 11.3 Å². The van der Waals surface area contributed by atoms with E-state index in [1.54, 1.807) is 0 Å². The van der Waals surface area contributed by atoms with E-state index in [9.17, 15) is 4.79 Å². The Labute approximate surface area is 92.5 Å². The number of thiophene rings is 1. The first-order valence-corrected chi connectivity index (χ1v) is 5.63. The average Bonchev–Trinajstić information content (AvgIpc) is 2.58. The molecule has 0 spiro atoms. The Hall–Kier alpha value is -0.580. The lowest BCUT2D eigenvalue weighted by atomic mass is 10.4. The number of nitrogens with one attached hydrogen (secondary N) is 2. The van der Waals surface area contributed by atoms with Crippen molar-refractivity contribution < 1.29 is 4.79 Å². The molecule has 0 atom stereocenters. The zero-order chi connectivity index (χ0) is 10.4. The first-order chi connectivity index (χ1) is 6.72. The van der Waals surface area contributed by atoms with Crippen molar-refractivity contribution in [2.45, 2.75) is 13.5 Å². The SMILES string of the molecule is CCNCC(=O)NCc1ccc(Cl)s1. The second kappa shape index (κ2) is 6.01. The molecule has 3 nitrogen and oxygen atoms in total. The first-order valence-electron chi connectivity index (χ1n) is 4.44.